The molecule has 1 aromatic carbocycles. The molecule has 0 bridgehead atoms. The molecule has 1 aromatic rings. The maximum Gasteiger partial charge on any atom is 0.273 e. The Morgan fingerprint density at radius 3 is 2.52 bits per heavy atom. The summed E-state index contributed by atoms with van der Waals surface area (Å²) in [7, 11) is 0. The van der Waals surface area contributed by atoms with Gasteiger partial charge >= 0.3 is 0 Å². The monoisotopic (exact) mass is 293 g/mol. The van der Waals surface area contributed by atoms with Crippen LogP contribution in [0.5, 0.6) is 0 Å². The van der Waals surface area contributed by atoms with E-state index < -0.39 is 4.92 Å². The third-order valence-corrected chi connectivity index (χ3v) is 3.28. The van der Waals surface area contributed by atoms with Crippen molar-refractivity contribution in [3.63, 3.8) is 0 Å². The molecule has 1 rings (SSSR count). The fraction of sp³-hybridized carbons (Fsp3) is 0.533. The molecule has 0 aliphatic heterocycles. The summed E-state index contributed by atoms with van der Waals surface area (Å²) < 4.78 is 0. The third kappa shape index (κ3) is 4.53. The van der Waals surface area contributed by atoms with Crippen molar-refractivity contribution in [2.75, 3.05) is 13.1 Å². The van der Waals surface area contributed by atoms with Crippen molar-refractivity contribution >= 4 is 11.6 Å². The molecular weight excluding hydrogens is 270 g/mol. The van der Waals surface area contributed by atoms with E-state index in [1.807, 2.05) is 27.7 Å². The average molecular weight is 293 g/mol. The minimum atomic E-state index is -0.445. The zero-order valence-corrected chi connectivity index (χ0v) is 13.0. The topological polar surface area (TPSA) is 98.3 Å². The summed E-state index contributed by atoms with van der Waals surface area (Å²) >= 11 is 0. The maximum atomic E-state index is 12.0. The largest absolute Gasteiger partial charge is 0.352 e. The smallest absolute Gasteiger partial charge is 0.273 e. The van der Waals surface area contributed by atoms with Crippen molar-refractivity contribution in [2.45, 2.75) is 33.1 Å². The fourth-order valence-electron chi connectivity index (χ4n) is 1.91. The van der Waals surface area contributed by atoms with E-state index in [9.17, 15) is 14.9 Å². The minimum Gasteiger partial charge on any atom is -0.352 e. The summed E-state index contributed by atoms with van der Waals surface area (Å²) in [6.45, 7) is 8.55. The highest BCUT2D eigenvalue weighted by Gasteiger charge is 2.26. The molecule has 1 unspecified atom stereocenters. The van der Waals surface area contributed by atoms with Gasteiger partial charge in [0.2, 0.25) is 0 Å². The Hall–Kier alpha value is -1.95. The second-order valence-electron chi connectivity index (χ2n) is 6.29. The number of nitro groups is 1. The number of amides is 1. The van der Waals surface area contributed by atoms with Gasteiger partial charge in [0.1, 0.15) is 0 Å². The molecule has 0 saturated heterocycles. The lowest BCUT2D eigenvalue weighted by molar-refractivity contribution is -0.386. The first-order chi connectivity index (χ1) is 9.66. The van der Waals surface area contributed by atoms with E-state index in [-0.39, 0.29) is 22.9 Å². The van der Waals surface area contributed by atoms with Crippen LogP contribution in [-0.4, -0.2) is 23.9 Å². The molecule has 0 aliphatic carbocycles. The van der Waals surface area contributed by atoms with Gasteiger partial charge in [-0.25, -0.2) is 0 Å². The number of rotatable bonds is 5. The van der Waals surface area contributed by atoms with Gasteiger partial charge in [0.15, 0.2) is 0 Å². The Labute approximate surface area is 124 Å². The van der Waals surface area contributed by atoms with Gasteiger partial charge in [0.25, 0.3) is 11.6 Å². The fourth-order valence-corrected chi connectivity index (χ4v) is 1.91. The van der Waals surface area contributed by atoms with Crippen LogP contribution < -0.4 is 11.1 Å². The lowest BCUT2D eigenvalue weighted by atomic mass is 9.85. The second kappa shape index (κ2) is 6.67. The van der Waals surface area contributed by atoms with Crippen LogP contribution in [0.3, 0.4) is 0 Å². The highest BCUT2D eigenvalue weighted by Crippen LogP contribution is 2.31. The maximum absolute atomic E-state index is 12.0. The van der Waals surface area contributed by atoms with E-state index >= 15 is 0 Å². The average Bonchev–Trinajstić information content (AvgIpc) is 2.42. The Kier molecular flexibility index (Phi) is 5.43. The van der Waals surface area contributed by atoms with Crippen molar-refractivity contribution in [3.05, 3.63) is 39.4 Å². The molecule has 1 atom stereocenters. The van der Waals surface area contributed by atoms with Gasteiger partial charge in [0.05, 0.1) is 4.92 Å². The molecule has 0 heterocycles. The number of carbonyl (C=O) groups excluding carboxylic acids is 1. The normalized spacial score (nSPS) is 12.8. The molecule has 0 radical (unpaired) electrons. The Morgan fingerprint density at radius 2 is 2.05 bits per heavy atom. The second-order valence-corrected chi connectivity index (χ2v) is 6.29. The predicted molar refractivity (Wildman–Crippen MR) is 82.3 cm³/mol. The van der Waals surface area contributed by atoms with Crippen molar-refractivity contribution in [2.24, 2.45) is 11.7 Å². The highest BCUT2D eigenvalue weighted by atomic mass is 16.6. The van der Waals surface area contributed by atoms with Crippen LogP contribution in [0.2, 0.25) is 0 Å². The van der Waals surface area contributed by atoms with E-state index in [2.05, 4.69) is 5.32 Å². The molecule has 0 saturated carbocycles. The van der Waals surface area contributed by atoms with Crippen LogP contribution in [0, 0.1) is 16.0 Å². The molecule has 0 spiro atoms. The molecule has 0 aliphatic rings. The summed E-state index contributed by atoms with van der Waals surface area (Å²) in [4.78, 5) is 22.8. The van der Waals surface area contributed by atoms with Crippen molar-refractivity contribution in [1.29, 1.82) is 0 Å². The van der Waals surface area contributed by atoms with Crippen molar-refractivity contribution in [1.82, 2.24) is 5.32 Å². The van der Waals surface area contributed by atoms with Crippen LogP contribution in [0.15, 0.2) is 18.2 Å². The first kappa shape index (κ1) is 17.1. The lowest BCUT2D eigenvalue weighted by Gasteiger charge is -2.19. The van der Waals surface area contributed by atoms with Crippen LogP contribution in [-0.2, 0) is 5.41 Å². The number of nitrogens with zero attached hydrogens (tertiary/aromatic N) is 1. The summed E-state index contributed by atoms with van der Waals surface area (Å²) in [5.41, 5.74) is 6.01. The molecule has 0 aromatic heterocycles. The van der Waals surface area contributed by atoms with Gasteiger partial charge in [-0.2, -0.15) is 0 Å². The number of carbonyl (C=O) groups is 1. The van der Waals surface area contributed by atoms with Gasteiger partial charge in [-0.3, -0.25) is 14.9 Å². The predicted octanol–water partition coefficient (Wildman–Crippen LogP) is 2.22. The standard InChI is InChI=1S/C15H23N3O3/c1-10(8-16)9-17-14(19)11-5-6-12(15(2,3)4)13(7-11)18(20)21/h5-7,10H,8-9,16H2,1-4H3,(H,17,19). The lowest BCUT2D eigenvalue weighted by Crippen LogP contribution is -2.31. The number of benzene rings is 1. The SMILES string of the molecule is CC(CN)CNC(=O)c1ccc(C(C)(C)C)c([N+](=O)[O-])c1. The number of hydrogen-bond acceptors (Lipinski definition) is 4. The Bertz CT molecular complexity index is 535. The van der Waals surface area contributed by atoms with Crippen molar-refractivity contribution < 1.29 is 9.72 Å². The number of nitrogens with two attached hydrogens (primary N) is 1. The summed E-state index contributed by atoms with van der Waals surface area (Å²) in [6.07, 6.45) is 0. The molecule has 0 fully saturated rings. The summed E-state index contributed by atoms with van der Waals surface area (Å²) in [5, 5.41) is 13.9. The zero-order valence-electron chi connectivity index (χ0n) is 13.0. The third-order valence-electron chi connectivity index (χ3n) is 3.28. The van der Waals surface area contributed by atoms with Gasteiger partial charge in [0, 0.05) is 23.7 Å². The molecule has 3 N–H and O–H groups in total. The minimum absolute atomic E-state index is 0.0259. The number of hydrogen-bond donors (Lipinski definition) is 2. The molecule has 6 heteroatoms. The Morgan fingerprint density at radius 1 is 1.43 bits per heavy atom. The van der Waals surface area contributed by atoms with Gasteiger partial charge in [-0.15, -0.1) is 0 Å². The first-order valence-corrected chi connectivity index (χ1v) is 6.94. The van der Waals surface area contributed by atoms with E-state index in [0.717, 1.165) is 0 Å². The van der Waals surface area contributed by atoms with E-state index in [0.29, 0.717) is 24.2 Å². The summed E-state index contributed by atoms with van der Waals surface area (Å²) in [5.74, 6) is -0.156. The van der Waals surface area contributed by atoms with Gasteiger partial charge < -0.3 is 11.1 Å². The molecule has 1 amide bonds. The van der Waals surface area contributed by atoms with Gasteiger partial charge in [-0.05, 0) is 23.9 Å². The van der Waals surface area contributed by atoms with Crippen LogP contribution in [0.1, 0.15) is 43.6 Å². The van der Waals surface area contributed by atoms with E-state index in [4.69, 9.17) is 5.73 Å². The highest BCUT2D eigenvalue weighted by molar-refractivity contribution is 5.95. The van der Waals surface area contributed by atoms with Crippen molar-refractivity contribution in [3.8, 4) is 0 Å². The number of nitro benzene ring substituents is 1. The van der Waals surface area contributed by atoms with E-state index in [1.165, 1.54) is 6.07 Å². The summed E-state index contributed by atoms with van der Waals surface area (Å²) in [6, 6.07) is 4.61. The number of nitrogens with one attached hydrogen (secondary N) is 1. The Balaban J connectivity index is 3.04. The molecule has 116 valence electrons. The first-order valence-electron chi connectivity index (χ1n) is 6.94. The molecular formula is C15H23N3O3. The van der Waals surface area contributed by atoms with Crippen LogP contribution in [0.4, 0.5) is 5.69 Å². The van der Waals surface area contributed by atoms with Gasteiger partial charge in [-0.1, -0.05) is 33.8 Å². The van der Waals surface area contributed by atoms with Crippen LogP contribution in [0.25, 0.3) is 0 Å². The van der Waals surface area contributed by atoms with Crippen LogP contribution >= 0.6 is 0 Å². The van der Waals surface area contributed by atoms with E-state index in [1.54, 1.807) is 12.1 Å². The molecule has 6 nitrogen and oxygen atoms in total. The molecule has 21 heavy (non-hydrogen) atoms. The quantitative estimate of drug-likeness (QED) is 0.642. The zero-order chi connectivity index (χ0) is 16.2.